The van der Waals surface area contributed by atoms with E-state index in [1.165, 1.54) is 0 Å². The molecule has 2 aromatic rings. The molecule has 0 N–H and O–H groups in total. The van der Waals surface area contributed by atoms with Gasteiger partial charge in [0.2, 0.25) is 0 Å². The van der Waals surface area contributed by atoms with Crippen molar-refractivity contribution in [3.63, 3.8) is 0 Å². The molecule has 2 rings (SSSR count). The molecule has 0 unspecified atom stereocenters. The first-order valence-electron chi connectivity index (χ1n) is 2.99. The minimum Gasteiger partial charge on any atom is -0.999 e. The molecule has 0 atom stereocenters. The van der Waals surface area contributed by atoms with E-state index < -0.39 is 0 Å². The van der Waals surface area contributed by atoms with Gasteiger partial charge >= 0.3 is 0 Å². The Balaban J connectivity index is 0.000000167. The van der Waals surface area contributed by atoms with Gasteiger partial charge in [-0.1, -0.05) is 0 Å². The van der Waals surface area contributed by atoms with E-state index in [9.17, 15) is 0 Å². The second-order valence-electron chi connectivity index (χ2n) is 1.65. The third-order valence-corrected chi connectivity index (χ3v) is 0.907. The molecule has 1 heteroatoms. The van der Waals surface area contributed by atoms with Crippen LogP contribution >= 0.6 is 0 Å². The normalized spacial score (nSPS) is 7.27. The van der Waals surface area contributed by atoms with Gasteiger partial charge in [-0.2, -0.15) is 18.2 Å². The maximum atomic E-state index is 2.62. The maximum absolute atomic E-state index is 2.62. The topological polar surface area (TPSA) is 0 Å². The van der Waals surface area contributed by atoms with Crippen LogP contribution in [-0.4, -0.2) is 0 Å². The van der Waals surface area contributed by atoms with Crippen molar-refractivity contribution in [2.75, 3.05) is 0 Å². The Morgan fingerprint density at radius 3 is 1.64 bits per heavy atom. The third-order valence-electron chi connectivity index (χ3n) is 0.907. The molecule has 2 aromatic carbocycles. The molecule has 0 aliphatic carbocycles. The van der Waals surface area contributed by atoms with Crippen LogP contribution in [0.2, 0.25) is 0 Å². The van der Waals surface area contributed by atoms with Gasteiger partial charge in [-0.05, 0) is 0 Å². The molecule has 0 bridgehead atoms. The number of hydrogen-bond acceptors (Lipinski definition) is 0. The maximum Gasteiger partial charge on any atom is 0 e. The predicted octanol–water partition coefficient (Wildman–Crippen LogP) is 2.01. The minimum atomic E-state index is 0. The Bertz CT molecular complexity index is 144. The van der Waals surface area contributed by atoms with Gasteiger partial charge in [0.25, 0.3) is 0 Å². The second-order valence-corrected chi connectivity index (χ2v) is 1.65. The second kappa shape index (κ2) is 7.39. The fourth-order valence-corrected chi connectivity index (χ4v) is 0.501. The quantitative estimate of drug-likeness (QED) is 0.540. The van der Waals surface area contributed by atoms with Gasteiger partial charge in [0.1, 0.15) is 0 Å². The summed E-state index contributed by atoms with van der Waals surface area (Å²) in [4.78, 5) is 0. The van der Waals surface area contributed by atoms with Crippen molar-refractivity contribution in [1.29, 1.82) is 0 Å². The summed E-state index contributed by atoms with van der Waals surface area (Å²) in [6, 6.07) is 22.0. The van der Waals surface area contributed by atoms with Crippen molar-refractivity contribution in [1.82, 2.24) is 0 Å². The molecule has 0 saturated heterocycles. The molecule has 0 aromatic heterocycles. The summed E-state index contributed by atoms with van der Waals surface area (Å²) < 4.78 is 0. The fraction of sp³-hybridized carbons (Fsp3) is 0. The first kappa shape index (κ1) is 10.3. The molecule has 1 radical (unpaired) electrons. The molecule has 0 amide bonds. The smallest absolute Gasteiger partial charge is 0 e. The summed E-state index contributed by atoms with van der Waals surface area (Å²) >= 11 is 0. The Kier molecular flexibility index (Phi) is 6.91. The van der Waals surface area contributed by atoms with Crippen molar-refractivity contribution < 1.29 is 18.6 Å². The van der Waals surface area contributed by atoms with Crippen molar-refractivity contribution >= 4 is 0 Å². The zero-order chi connectivity index (χ0) is 7.07. The van der Waals surface area contributed by atoms with Gasteiger partial charge in [0.05, 0.1) is 0 Å². The molecular formula is C10H6V-6. The Morgan fingerprint density at radius 2 is 1.45 bits per heavy atom. The molecule has 0 aliphatic rings. The fourth-order valence-electron chi connectivity index (χ4n) is 0.501. The third kappa shape index (κ3) is 5.72. The summed E-state index contributed by atoms with van der Waals surface area (Å²) in [6.45, 7) is 0. The van der Waals surface area contributed by atoms with Crippen LogP contribution in [0.15, 0.2) is 36.4 Å². The van der Waals surface area contributed by atoms with E-state index in [4.69, 9.17) is 0 Å². The van der Waals surface area contributed by atoms with Crippen LogP contribution in [0.4, 0.5) is 0 Å². The van der Waals surface area contributed by atoms with E-state index in [1.54, 1.807) is 6.07 Å². The Labute approximate surface area is 79.5 Å². The summed E-state index contributed by atoms with van der Waals surface area (Å²) in [5.74, 6) is 0. The van der Waals surface area contributed by atoms with Gasteiger partial charge in [-0.25, -0.2) is 12.1 Å². The SMILES string of the molecule is [V].[c-]1[c-][c-][cH-][c-]1.c1cc[cH-]c1. The van der Waals surface area contributed by atoms with E-state index in [0.29, 0.717) is 0 Å². The van der Waals surface area contributed by atoms with Crippen molar-refractivity contribution in [3.8, 4) is 0 Å². The summed E-state index contributed by atoms with van der Waals surface area (Å²) in [7, 11) is 0. The monoisotopic (exact) mass is 177 g/mol. The van der Waals surface area contributed by atoms with E-state index in [0.717, 1.165) is 0 Å². The van der Waals surface area contributed by atoms with Gasteiger partial charge in [-0.15, -0.1) is 0 Å². The van der Waals surface area contributed by atoms with Gasteiger partial charge < -0.3 is 30.3 Å². The summed E-state index contributed by atoms with van der Waals surface area (Å²) in [5.41, 5.74) is 0. The van der Waals surface area contributed by atoms with E-state index in [1.807, 2.05) is 30.3 Å². The van der Waals surface area contributed by atoms with Crippen molar-refractivity contribution in [2.45, 2.75) is 0 Å². The minimum absolute atomic E-state index is 0. The Hall–Kier alpha value is -0.716. The van der Waals surface area contributed by atoms with Crippen LogP contribution in [0.3, 0.4) is 0 Å². The molecule has 0 heterocycles. The molecular weight excluding hydrogens is 171 g/mol. The average Bonchev–Trinajstić information content (AvgIpc) is 2.67. The van der Waals surface area contributed by atoms with E-state index in [-0.39, 0.29) is 18.6 Å². The van der Waals surface area contributed by atoms with Gasteiger partial charge in [0.15, 0.2) is 0 Å². The summed E-state index contributed by atoms with van der Waals surface area (Å²) in [6.07, 6.45) is 0. The zero-order valence-corrected chi connectivity index (χ0v) is 7.31. The molecule has 11 heavy (non-hydrogen) atoms. The van der Waals surface area contributed by atoms with Crippen LogP contribution in [0.1, 0.15) is 0 Å². The predicted molar refractivity (Wildman–Crippen MR) is 39.4 cm³/mol. The largest absolute Gasteiger partial charge is 0.999 e. The first-order chi connectivity index (χ1) is 5.00. The number of hydrogen-bond donors (Lipinski definition) is 0. The zero-order valence-electron chi connectivity index (χ0n) is 5.91. The van der Waals surface area contributed by atoms with Crippen LogP contribution in [0, 0.1) is 24.3 Å². The molecule has 57 valence electrons. The first-order valence-corrected chi connectivity index (χ1v) is 2.99. The van der Waals surface area contributed by atoms with Crippen LogP contribution < -0.4 is 0 Å². The standard InChI is InChI=1S/C5H5.C5H.V/c2*1-2-4-5-3-1;/h1-5H;1H;/q-1;-5;. The van der Waals surface area contributed by atoms with Crippen molar-refractivity contribution in [3.05, 3.63) is 60.7 Å². The van der Waals surface area contributed by atoms with E-state index >= 15 is 0 Å². The average molecular weight is 177 g/mol. The van der Waals surface area contributed by atoms with Gasteiger partial charge in [-0.3, -0.25) is 0 Å². The van der Waals surface area contributed by atoms with Crippen LogP contribution in [-0.2, 0) is 18.6 Å². The molecule has 0 nitrogen and oxygen atoms in total. The van der Waals surface area contributed by atoms with Gasteiger partial charge in [0, 0.05) is 18.6 Å². The van der Waals surface area contributed by atoms with Crippen LogP contribution in [0.25, 0.3) is 0 Å². The van der Waals surface area contributed by atoms with Crippen LogP contribution in [0.5, 0.6) is 0 Å². The molecule has 0 fully saturated rings. The Morgan fingerprint density at radius 1 is 0.909 bits per heavy atom. The van der Waals surface area contributed by atoms with Crippen molar-refractivity contribution in [2.24, 2.45) is 0 Å². The van der Waals surface area contributed by atoms with E-state index in [2.05, 4.69) is 24.3 Å². The molecule has 0 aliphatic heterocycles. The summed E-state index contributed by atoms with van der Waals surface area (Å²) in [5, 5.41) is 0. The molecule has 0 spiro atoms. The molecule has 0 saturated carbocycles. The number of rotatable bonds is 0.